The van der Waals surface area contributed by atoms with Gasteiger partial charge in [0, 0.05) is 12.2 Å². The third kappa shape index (κ3) is 4.66. The van der Waals surface area contributed by atoms with E-state index < -0.39 is 13.0 Å². The first kappa shape index (κ1) is 13.2. The monoisotopic (exact) mass is 241 g/mol. The highest BCUT2D eigenvalue weighted by Gasteiger charge is 2.03. The van der Waals surface area contributed by atoms with Crippen molar-refractivity contribution in [3.05, 3.63) is 23.8 Å². The minimum absolute atomic E-state index is 0.152. The Morgan fingerprint density at radius 1 is 1.47 bits per heavy atom. The summed E-state index contributed by atoms with van der Waals surface area (Å²) >= 11 is 0. The molecular formula is C11H13F2N3O. The average molecular weight is 241 g/mol. The zero-order valence-electron chi connectivity index (χ0n) is 9.12. The number of halogens is 2. The van der Waals surface area contributed by atoms with E-state index in [1.165, 1.54) is 0 Å². The second-order valence-corrected chi connectivity index (χ2v) is 3.31. The smallest absolute Gasteiger partial charge is 0.261 e. The molecule has 0 aliphatic carbocycles. The minimum Gasteiger partial charge on any atom is -0.399 e. The van der Waals surface area contributed by atoms with Crippen molar-refractivity contribution < 1.29 is 13.5 Å². The number of rotatable bonds is 6. The Morgan fingerprint density at radius 2 is 2.24 bits per heavy atom. The lowest BCUT2D eigenvalue weighted by Gasteiger charge is -2.09. The Hall–Kier alpha value is -1.87. The number of nitrogens with one attached hydrogen (secondary N) is 1. The zero-order valence-corrected chi connectivity index (χ0v) is 9.12. The van der Waals surface area contributed by atoms with E-state index in [0.29, 0.717) is 23.5 Å². The molecule has 1 rings (SSSR count). The number of nitrogen functional groups attached to an aromatic ring is 1. The fourth-order valence-corrected chi connectivity index (χ4v) is 1.24. The highest BCUT2D eigenvalue weighted by Crippen LogP contribution is 2.17. The Balaban J connectivity index is 2.39. The molecule has 0 aliphatic heterocycles. The van der Waals surface area contributed by atoms with Crippen molar-refractivity contribution in [3.63, 3.8) is 0 Å². The molecule has 3 N–H and O–H groups in total. The van der Waals surface area contributed by atoms with E-state index in [1.807, 2.05) is 6.07 Å². The van der Waals surface area contributed by atoms with Gasteiger partial charge in [0.2, 0.25) is 0 Å². The third-order valence-corrected chi connectivity index (χ3v) is 1.97. The molecule has 0 aliphatic rings. The van der Waals surface area contributed by atoms with Gasteiger partial charge in [0.1, 0.15) is 12.7 Å². The van der Waals surface area contributed by atoms with Crippen LogP contribution in [0.3, 0.4) is 0 Å². The molecule has 0 amide bonds. The average Bonchev–Trinajstić information content (AvgIpc) is 2.29. The highest BCUT2D eigenvalue weighted by atomic mass is 19.3. The first-order valence-electron chi connectivity index (χ1n) is 5.03. The number of hydrogen-bond acceptors (Lipinski definition) is 4. The predicted octanol–water partition coefficient (Wildman–Crippen LogP) is 1.83. The van der Waals surface area contributed by atoms with Crippen molar-refractivity contribution in [2.45, 2.75) is 6.43 Å². The first-order valence-corrected chi connectivity index (χ1v) is 5.03. The summed E-state index contributed by atoms with van der Waals surface area (Å²) in [7, 11) is 0. The molecule has 0 saturated carbocycles. The molecule has 0 radical (unpaired) electrons. The molecule has 0 atom stereocenters. The number of anilines is 2. The van der Waals surface area contributed by atoms with Crippen molar-refractivity contribution in [2.24, 2.45) is 0 Å². The van der Waals surface area contributed by atoms with Gasteiger partial charge in [-0.1, -0.05) is 0 Å². The van der Waals surface area contributed by atoms with Crippen LogP contribution >= 0.6 is 0 Å². The van der Waals surface area contributed by atoms with E-state index in [9.17, 15) is 8.78 Å². The van der Waals surface area contributed by atoms with Crippen LogP contribution in [0.15, 0.2) is 18.2 Å². The fraction of sp³-hybridized carbons (Fsp3) is 0.364. The van der Waals surface area contributed by atoms with E-state index in [-0.39, 0.29) is 6.61 Å². The summed E-state index contributed by atoms with van der Waals surface area (Å²) in [6.45, 7) is -0.0700. The van der Waals surface area contributed by atoms with Crippen molar-refractivity contribution in [2.75, 3.05) is 30.8 Å². The zero-order chi connectivity index (χ0) is 12.7. The molecule has 6 heteroatoms. The standard InChI is InChI=1S/C11H13F2N3O/c12-11(13)7-17-4-3-16-10-2-1-9(15)5-8(10)6-14/h1-2,5,11,16H,3-4,7,15H2. The molecule has 0 aromatic heterocycles. The highest BCUT2D eigenvalue weighted by molar-refractivity contribution is 5.62. The van der Waals surface area contributed by atoms with Gasteiger partial charge in [-0.2, -0.15) is 5.26 Å². The maximum Gasteiger partial charge on any atom is 0.261 e. The summed E-state index contributed by atoms with van der Waals surface area (Å²) in [4.78, 5) is 0. The molecule has 0 unspecified atom stereocenters. The van der Waals surface area contributed by atoms with Crippen LogP contribution in [-0.4, -0.2) is 26.2 Å². The van der Waals surface area contributed by atoms with Crippen LogP contribution in [0.2, 0.25) is 0 Å². The third-order valence-electron chi connectivity index (χ3n) is 1.97. The molecule has 4 nitrogen and oxygen atoms in total. The molecule has 0 bridgehead atoms. The Labute approximate surface area is 98.0 Å². The molecular weight excluding hydrogens is 228 g/mol. The Bertz CT molecular complexity index is 404. The van der Waals surface area contributed by atoms with Crippen LogP contribution in [0, 0.1) is 11.3 Å². The van der Waals surface area contributed by atoms with Crippen LogP contribution in [-0.2, 0) is 4.74 Å². The van der Waals surface area contributed by atoms with Gasteiger partial charge >= 0.3 is 0 Å². The van der Waals surface area contributed by atoms with E-state index in [4.69, 9.17) is 15.7 Å². The van der Waals surface area contributed by atoms with Crippen LogP contribution in [0.25, 0.3) is 0 Å². The van der Waals surface area contributed by atoms with Crippen LogP contribution in [0.4, 0.5) is 20.2 Å². The number of hydrogen-bond donors (Lipinski definition) is 2. The molecule has 0 fully saturated rings. The lowest BCUT2D eigenvalue weighted by Crippen LogP contribution is -2.13. The first-order chi connectivity index (χ1) is 8.13. The number of benzene rings is 1. The van der Waals surface area contributed by atoms with Crippen LogP contribution < -0.4 is 11.1 Å². The quantitative estimate of drug-likeness (QED) is 0.588. The van der Waals surface area contributed by atoms with Crippen molar-refractivity contribution >= 4 is 11.4 Å². The maximum absolute atomic E-state index is 11.7. The minimum atomic E-state index is -2.46. The molecule has 0 saturated heterocycles. The van der Waals surface area contributed by atoms with Gasteiger partial charge in [0.25, 0.3) is 6.43 Å². The maximum atomic E-state index is 11.7. The van der Waals surface area contributed by atoms with Gasteiger partial charge in [-0.3, -0.25) is 0 Å². The van der Waals surface area contributed by atoms with Crippen molar-refractivity contribution in [1.82, 2.24) is 0 Å². The van der Waals surface area contributed by atoms with Gasteiger partial charge in [-0.05, 0) is 18.2 Å². The van der Waals surface area contributed by atoms with Gasteiger partial charge in [0.15, 0.2) is 0 Å². The van der Waals surface area contributed by atoms with E-state index in [2.05, 4.69) is 5.32 Å². The number of nitrogens with zero attached hydrogens (tertiary/aromatic N) is 1. The molecule has 92 valence electrons. The second-order valence-electron chi connectivity index (χ2n) is 3.31. The molecule has 0 heterocycles. The predicted molar refractivity (Wildman–Crippen MR) is 60.9 cm³/mol. The summed E-state index contributed by atoms with van der Waals surface area (Å²) < 4.78 is 28.2. The summed E-state index contributed by atoms with van der Waals surface area (Å²) in [6.07, 6.45) is -2.46. The summed E-state index contributed by atoms with van der Waals surface area (Å²) in [5.74, 6) is 0. The Kier molecular flexibility index (Phi) is 5.17. The topological polar surface area (TPSA) is 71.1 Å². The Morgan fingerprint density at radius 3 is 2.88 bits per heavy atom. The van der Waals surface area contributed by atoms with E-state index >= 15 is 0 Å². The second kappa shape index (κ2) is 6.66. The number of nitriles is 1. The molecule has 17 heavy (non-hydrogen) atoms. The summed E-state index contributed by atoms with van der Waals surface area (Å²) in [5, 5.41) is 11.8. The molecule has 0 spiro atoms. The lowest BCUT2D eigenvalue weighted by molar-refractivity contribution is 0.0215. The van der Waals surface area contributed by atoms with Gasteiger partial charge in [0.05, 0.1) is 17.9 Å². The van der Waals surface area contributed by atoms with Crippen molar-refractivity contribution in [3.8, 4) is 6.07 Å². The normalized spacial score (nSPS) is 10.2. The van der Waals surface area contributed by atoms with Crippen LogP contribution in [0.1, 0.15) is 5.56 Å². The summed E-state index contributed by atoms with van der Waals surface area (Å²) in [6, 6.07) is 6.86. The van der Waals surface area contributed by atoms with Crippen LogP contribution in [0.5, 0.6) is 0 Å². The van der Waals surface area contributed by atoms with Gasteiger partial charge in [-0.15, -0.1) is 0 Å². The summed E-state index contributed by atoms with van der Waals surface area (Å²) in [5.41, 5.74) is 7.06. The van der Waals surface area contributed by atoms with Gasteiger partial charge in [-0.25, -0.2) is 8.78 Å². The lowest BCUT2D eigenvalue weighted by atomic mass is 10.2. The van der Waals surface area contributed by atoms with E-state index in [1.54, 1.807) is 18.2 Å². The number of nitrogens with two attached hydrogens (primary N) is 1. The fourth-order valence-electron chi connectivity index (χ4n) is 1.24. The number of ether oxygens (including phenoxy) is 1. The largest absolute Gasteiger partial charge is 0.399 e. The van der Waals surface area contributed by atoms with Crippen molar-refractivity contribution in [1.29, 1.82) is 5.26 Å². The van der Waals surface area contributed by atoms with Gasteiger partial charge < -0.3 is 15.8 Å². The van der Waals surface area contributed by atoms with E-state index in [0.717, 1.165) is 0 Å². The molecule has 1 aromatic rings. The molecule has 1 aromatic carbocycles. The SMILES string of the molecule is N#Cc1cc(N)ccc1NCCOCC(F)F. The number of alkyl halides is 2.